The van der Waals surface area contributed by atoms with E-state index in [2.05, 4.69) is 4.72 Å². The third-order valence-corrected chi connectivity index (χ3v) is 6.27. The van der Waals surface area contributed by atoms with Crippen molar-refractivity contribution in [3.8, 4) is 0 Å². The summed E-state index contributed by atoms with van der Waals surface area (Å²) in [7, 11) is -2.16. The first-order valence-corrected chi connectivity index (χ1v) is 9.23. The van der Waals surface area contributed by atoms with Crippen molar-refractivity contribution in [2.24, 2.45) is 0 Å². The van der Waals surface area contributed by atoms with Crippen LogP contribution in [0.15, 0.2) is 34.5 Å². The summed E-state index contributed by atoms with van der Waals surface area (Å²) in [6.07, 6.45) is 0.829. The minimum Gasteiger partial charge on any atom is -0.307 e. The Balaban J connectivity index is 1.95. The van der Waals surface area contributed by atoms with Gasteiger partial charge in [-0.2, -0.15) is 0 Å². The van der Waals surface area contributed by atoms with Crippen molar-refractivity contribution in [2.45, 2.75) is 18.2 Å². The molecule has 3 rings (SSSR count). The number of para-hydroxylation sites is 1. The number of aryl methyl sites for hydroxylation is 1. The number of nitrogens with one attached hydrogen (secondary N) is 1. The highest BCUT2D eigenvalue weighted by molar-refractivity contribution is 7.89. The van der Waals surface area contributed by atoms with Crippen molar-refractivity contribution < 1.29 is 13.2 Å². The molecule has 0 saturated heterocycles. The van der Waals surface area contributed by atoms with Gasteiger partial charge in [-0.3, -0.25) is 4.79 Å². The number of carbonyl (C=O) groups is 1. The fourth-order valence-electron chi connectivity index (χ4n) is 2.68. The molecule has 7 heteroatoms. The minimum atomic E-state index is -3.51. The SMILES string of the molecule is CNS(=O)(=O)c1csc(C(=O)N2CCc3cccc(C)c32)c1. The summed E-state index contributed by atoms with van der Waals surface area (Å²) in [5.41, 5.74) is 3.18. The van der Waals surface area contributed by atoms with E-state index >= 15 is 0 Å². The summed E-state index contributed by atoms with van der Waals surface area (Å²) in [5.74, 6) is -0.143. The largest absolute Gasteiger partial charge is 0.307 e. The van der Waals surface area contributed by atoms with Gasteiger partial charge in [0.1, 0.15) is 0 Å². The Morgan fingerprint density at radius 1 is 1.36 bits per heavy atom. The van der Waals surface area contributed by atoms with Crippen LogP contribution in [0.3, 0.4) is 0 Å². The zero-order chi connectivity index (χ0) is 15.9. The van der Waals surface area contributed by atoms with Gasteiger partial charge in [-0.15, -0.1) is 11.3 Å². The number of anilines is 1. The summed E-state index contributed by atoms with van der Waals surface area (Å²) in [4.78, 5) is 15.0. The van der Waals surface area contributed by atoms with Crippen molar-refractivity contribution >= 4 is 33.0 Å². The molecule has 0 aliphatic carbocycles. The van der Waals surface area contributed by atoms with Gasteiger partial charge < -0.3 is 4.90 Å². The number of rotatable bonds is 3. The first kappa shape index (κ1) is 15.2. The molecule has 0 radical (unpaired) electrons. The maximum Gasteiger partial charge on any atom is 0.268 e. The van der Waals surface area contributed by atoms with E-state index in [0.717, 1.165) is 34.6 Å². The van der Waals surface area contributed by atoms with E-state index in [1.54, 1.807) is 4.90 Å². The topological polar surface area (TPSA) is 66.5 Å². The first-order chi connectivity index (χ1) is 10.4. The van der Waals surface area contributed by atoms with E-state index in [-0.39, 0.29) is 10.8 Å². The summed E-state index contributed by atoms with van der Waals surface area (Å²) >= 11 is 1.16. The molecular formula is C15H16N2O3S2. The zero-order valence-corrected chi connectivity index (χ0v) is 13.9. The molecule has 0 saturated carbocycles. The normalized spacial score (nSPS) is 14.2. The number of thiophene rings is 1. The third-order valence-electron chi connectivity index (χ3n) is 3.81. The number of amides is 1. The van der Waals surface area contributed by atoms with E-state index in [9.17, 15) is 13.2 Å². The molecule has 22 heavy (non-hydrogen) atoms. The maximum absolute atomic E-state index is 12.7. The predicted octanol–water partition coefficient (Wildman–Crippen LogP) is 2.17. The van der Waals surface area contributed by atoms with Crippen LogP contribution in [-0.2, 0) is 16.4 Å². The summed E-state index contributed by atoms with van der Waals surface area (Å²) in [6.45, 7) is 2.61. The van der Waals surface area contributed by atoms with Crippen LogP contribution in [-0.4, -0.2) is 27.9 Å². The number of hydrogen-bond donors (Lipinski definition) is 1. The molecule has 1 aliphatic rings. The van der Waals surface area contributed by atoms with Crippen LogP contribution < -0.4 is 9.62 Å². The van der Waals surface area contributed by atoms with Gasteiger partial charge in [-0.1, -0.05) is 18.2 Å². The molecule has 0 fully saturated rings. The molecule has 116 valence electrons. The average molecular weight is 336 g/mol. The van der Waals surface area contributed by atoms with Gasteiger partial charge in [0.2, 0.25) is 10.0 Å². The van der Waals surface area contributed by atoms with Gasteiger partial charge in [0.25, 0.3) is 5.91 Å². The number of sulfonamides is 1. The standard InChI is InChI=1S/C15H16N2O3S2/c1-10-4-3-5-11-6-7-17(14(10)11)15(18)13-8-12(9-21-13)22(19,20)16-2/h3-5,8-9,16H,6-7H2,1-2H3. The van der Waals surface area contributed by atoms with Crippen LogP contribution in [0.25, 0.3) is 0 Å². The van der Waals surface area contributed by atoms with Crippen molar-refractivity contribution in [3.05, 3.63) is 45.6 Å². The Morgan fingerprint density at radius 3 is 2.86 bits per heavy atom. The third kappa shape index (κ3) is 2.45. The lowest BCUT2D eigenvalue weighted by Crippen LogP contribution is -2.28. The van der Waals surface area contributed by atoms with Crippen molar-refractivity contribution in [3.63, 3.8) is 0 Å². The van der Waals surface area contributed by atoms with Gasteiger partial charge >= 0.3 is 0 Å². The number of carbonyl (C=O) groups excluding carboxylic acids is 1. The van der Waals surface area contributed by atoms with Crippen molar-refractivity contribution in [2.75, 3.05) is 18.5 Å². The van der Waals surface area contributed by atoms with Gasteiger partial charge in [-0.05, 0) is 37.6 Å². The van der Waals surface area contributed by atoms with Crippen molar-refractivity contribution in [1.82, 2.24) is 4.72 Å². The number of benzene rings is 1. The van der Waals surface area contributed by atoms with E-state index in [1.807, 2.05) is 25.1 Å². The molecule has 1 N–H and O–H groups in total. The first-order valence-electron chi connectivity index (χ1n) is 6.86. The van der Waals surface area contributed by atoms with Crippen LogP contribution >= 0.6 is 11.3 Å². The van der Waals surface area contributed by atoms with E-state index in [0.29, 0.717) is 11.4 Å². The summed E-state index contributed by atoms with van der Waals surface area (Å²) in [5, 5.41) is 1.49. The molecule has 0 spiro atoms. The fourth-order valence-corrected chi connectivity index (χ4v) is 4.63. The lowest BCUT2D eigenvalue weighted by atomic mass is 10.1. The highest BCUT2D eigenvalue weighted by atomic mass is 32.2. The molecule has 1 aromatic heterocycles. The Hall–Kier alpha value is -1.70. The summed E-state index contributed by atoms with van der Waals surface area (Å²) in [6, 6.07) is 7.44. The Labute approximate surface area is 133 Å². The maximum atomic E-state index is 12.7. The quantitative estimate of drug-likeness (QED) is 0.934. The van der Waals surface area contributed by atoms with Gasteiger partial charge in [0.05, 0.1) is 15.5 Å². The predicted molar refractivity (Wildman–Crippen MR) is 87.1 cm³/mol. The number of nitrogens with zero attached hydrogens (tertiary/aromatic N) is 1. The Morgan fingerprint density at radius 2 is 2.14 bits per heavy atom. The van der Waals surface area contributed by atoms with Crippen LogP contribution in [0.1, 0.15) is 20.8 Å². The molecule has 1 amide bonds. The lowest BCUT2D eigenvalue weighted by molar-refractivity contribution is 0.0993. The molecule has 5 nitrogen and oxygen atoms in total. The van der Waals surface area contributed by atoms with Crippen LogP contribution in [0.4, 0.5) is 5.69 Å². The van der Waals surface area contributed by atoms with Crippen LogP contribution in [0.5, 0.6) is 0 Å². The molecule has 0 unspecified atom stereocenters. The number of fused-ring (bicyclic) bond motifs is 1. The van der Waals surface area contributed by atoms with Crippen molar-refractivity contribution in [1.29, 1.82) is 0 Å². The van der Waals surface area contributed by atoms with Crippen LogP contribution in [0, 0.1) is 6.92 Å². The second-order valence-electron chi connectivity index (χ2n) is 5.14. The number of hydrogen-bond acceptors (Lipinski definition) is 4. The summed E-state index contributed by atoms with van der Waals surface area (Å²) < 4.78 is 25.8. The Kier molecular flexibility index (Phi) is 3.80. The fraction of sp³-hybridized carbons (Fsp3) is 0.267. The molecule has 0 bridgehead atoms. The van der Waals surface area contributed by atoms with Crippen LogP contribution in [0.2, 0.25) is 0 Å². The van der Waals surface area contributed by atoms with E-state index in [1.165, 1.54) is 18.5 Å². The lowest BCUT2D eigenvalue weighted by Gasteiger charge is -2.18. The second kappa shape index (κ2) is 5.49. The minimum absolute atomic E-state index is 0.132. The highest BCUT2D eigenvalue weighted by Crippen LogP contribution is 2.33. The highest BCUT2D eigenvalue weighted by Gasteiger charge is 2.28. The monoisotopic (exact) mass is 336 g/mol. The smallest absolute Gasteiger partial charge is 0.268 e. The molecular weight excluding hydrogens is 320 g/mol. The van der Waals surface area contributed by atoms with E-state index in [4.69, 9.17) is 0 Å². The molecule has 2 heterocycles. The molecule has 1 aromatic carbocycles. The molecule has 2 aromatic rings. The molecule has 0 atom stereocenters. The zero-order valence-electron chi connectivity index (χ0n) is 12.3. The van der Waals surface area contributed by atoms with Gasteiger partial charge in [0.15, 0.2) is 0 Å². The Bertz CT molecular complexity index is 840. The van der Waals surface area contributed by atoms with E-state index < -0.39 is 10.0 Å². The average Bonchev–Trinajstić information content (AvgIpc) is 3.14. The molecule has 1 aliphatic heterocycles. The second-order valence-corrected chi connectivity index (χ2v) is 7.94. The van der Waals surface area contributed by atoms with Gasteiger partial charge in [0, 0.05) is 11.9 Å². The van der Waals surface area contributed by atoms with Gasteiger partial charge in [-0.25, -0.2) is 13.1 Å².